The zero-order chi connectivity index (χ0) is 14.5. The molecule has 1 aromatic carbocycles. The SMILES string of the molecule is CC(Cc1ccc(Cl)cc1)NC(=O)c1ccc(F)nc1. The Balaban J connectivity index is 1.93. The van der Waals surface area contributed by atoms with Gasteiger partial charge in [-0.15, -0.1) is 0 Å². The van der Waals surface area contributed by atoms with E-state index >= 15 is 0 Å². The van der Waals surface area contributed by atoms with Crippen molar-refractivity contribution in [1.82, 2.24) is 10.3 Å². The molecule has 1 aromatic heterocycles. The molecule has 1 N–H and O–H groups in total. The summed E-state index contributed by atoms with van der Waals surface area (Å²) in [6, 6.07) is 10.00. The highest BCUT2D eigenvalue weighted by atomic mass is 35.5. The van der Waals surface area contributed by atoms with Crippen LogP contribution < -0.4 is 5.32 Å². The number of rotatable bonds is 4. The van der Waals surface area contributed by atoms with Crippen molar-refractivity contribution in [2.75, 3.05) is 0 Å². The van der Waals surface area contributed by atoms with Crippen molar-refractivity contribution in [2.45, 2.75) is 19.4 Å². The molecule has 1 heterocycles. The molecule has 0 bridgehead atoms. The predicted molar refractivity (Wildman–Crippen MR) is 76.3 cm³/mol. The molecule has 0 aliphatic carbocycles. The van der Waals surface area contributed by atoms with Crippen molar-refractivity contribution in [3.05, 3.63) is 64.7 Å². The van der Waals surface area contributed by atoms with Gasteiger partial charge in [0.15, 0.2) is 0 Å². The first-order valence-electron chi connectivity index (χ1n) is 6.21. The van der Waals surface area contributed by atoms with E-state index in [-0.39, 0.29) is 11.9 Å². The molecule has 0 aliphatic rings. The Morgan fingerprint density at radius 3 is 2.60 bits per heavy atom. The number of halogens is 2. The van der Waals surface area contributed by atoms with Crippen LogP contribution in [0.3, 0.4) is 0 Å². The molecule has 0 saturated carbocycles. The van der Waals surface area contributed by atoms with E-state index < -0.39 is 5.95 Å². The molecule has 5 heteroatoms. The molecular weight excluding hydrogens is 279 g/mol. The third-order valence-corrected chi connectivity index (χ3v) is 3.07. The lowest BCUT2D eigenvalue weighted by atomic mass is 10.1. The summed E-state index contributed by atoms with van der Waals surface area (Å²) in [7, 11) is 0. The molecule has 0 aliphatic heterocycles. The summed E-state index contributed by atoms with van der Waals surface area (Å²) in [5.74, 6) is -0.866. The second-order valence-electron chi connectivity index (χ2n) is 4.57. The van der Waals surface area contributed by atoms with Gasteiger partial charge in [-0.05, 0) is 43.2 Å². The number of nitrogens with one attached hydrogen (secondary N) is 1. The summed E-state index contributed by atoms with van der Waals surface area (Å²) in [6.07, 6.45) is 1.91. The molecule has 3 nitrogen and oxygen atoms in total. The molecule has 1 atom stereocenters. The van der Waals surface area contributed by atoms with E-state index in [1.807, 2.05) is 31.2 Å². The van der Waals surface area contributed by atoms with E-state index in [9.17, 15) is 9.18 Å². The van der Waals surface area contributed by atoms with E-state index in [0.29, 0.717) is 17.0 Å². The van der Waals surface area contributed by atoms with Crippen LogP contribution in [0.5, 0.6) is 0 Å². The molecular formula is C15H14ClFN2O. The Morgan fingerprint density at radius 1 is 1.30 bits per heavy atom. The lowest BCUT2D eigenvalue weighted by Crippen LogP contribution is -2.34. The first kappa shape index (κ1) is 14.5. The van der Waals surface area contributed by atoms with Crippen molar-refractivity contribution in [3.63, 3.8) is 0 Å². The van der Waals surface area contributed by atoms with Crippen molar-refractivity contribution >= 4 is 17.5 Å². The Kier molecular flexibility index (Phi) is 4.69. The van der Waals surface area contributed by atoms with Crippen molar-refractivity contribution in [1.29, 1.82) is 0 Å². The number of carbonyl (C=O) groups is 1. The van der Waals surface area contributed by atoms with Crippen LogP contribution in [0.1, 0.15) is 22.8 Å². The molecule has 104 valence electrons. The van der Waals surface area contributed by atoms with Crippen molar-refractivity contribution < 1.29 is 9.18 Å². The molecule has 20 heavy (non-hydrogen) atoms. The Hall–Kier alpha value is -1.94. The summed E-state index contributed by atoms with van der Waals surface area (Å²) in [5.41, 5.74) is 1.42. The smallest absolute Gasteiger partial charge is 0.253 e. The number of benzene rings is 1. The number of nitrogens with zero attached hydrogens (tertiary/aromatic N) is 1. The number of carbonyl (C=O) groups excluding carboxylic acids is 1. The first-order valence-corrected chi connectivity index (χ1v) is 6.59. The third-order valence-electron chi connectivity index (χ3n) is 2.82. The van der Waals surface area contributed by atoms with Gasteiger partial charge in [-0.1, -0.05) is 23.7 Å². The Labute approximate surface area is 121 Å². The van der Waals surface area contributed by atoms with Gasteiger partial charge in [0.2, 0.25) is 5.95 Å². The lowest BCUT2D eigenvalue weighted by Gasteiger charge is -2.14. The van der Waals surface area contributed by atoms with Gasteiger partial charge in [-0.2, -0.15) is 4.39 Å². The number of amides is 1. The van der Waals surface area contributed by atoms with Crippen LogP contribution in [0.4, 0.5) is 4.39 Å². The zero-order valence-corrected chi connectivity index (χ0v) is 11.7. The average molecular weight is 293 g/mol. The van der Waals surface area contributed by atoms with Gasteiger partial charge in [0.05, 0.1) is 5.56 Å². The van der Waals surface area contributed by atoms with Gasteiger partial charge >= 0.3 is 0 Å². The summed E-state index contributed by atoms with van der Waals surface area (Å²) in [6.45, 7) is 1.91. The fourth-order valence-electron chi connectivity index (χ4n) is 1.84. The standard InChI is InChI=1S/C15H14ClFN2O/c1-10(8-11-2-5-13(16)6-3-11)19-15(20)12-4-7-14(17)18-9-12/h2-7,9-10H,8H2,1H3,(H,19,20). The second kappa shape index (κ2) is 6.48. The number of hydrogen-bond donors (Lipinski definition) is 1. The van der Waals surface area contributed by atoms with E-state index in [0.717, 1.165) is 5.56 Å². The number of aromatic nitrogens is 1. The van der Waals surface area contributed by atoms with Gasteiger partial charge in [0.25, 0.3) is 5.91 Å². The summed E-state index contributed by atoms with van der Waals surface area (Å²) < 4.78 is 12.7. The largest absolute Gasteiger partial charge is 0.349 e. The highest BCUT2D eigenvalue weighted by molar-refractivity contribution is 6.30. The number of hydrogen-bond acceptors (Lipinski definition) is 2. The highest BCUT2D eigenvalue weighted by Crippen LogP contribution is 2.11. The van der Waals surface area contributed by atoms with Crippen LogP contribution in [0.25, 0.3) is 0 Å². The Bertz CT molecular complexity index is 584. The molecule has 2 rings (SSSR count). The molecule has 1 unspecified atom stereocenters. The summed E-state index contributed by atoms with van der Waals surface area (Å²) in [4.78, 5) is 15.4. The van der Waals surface area contributed by atoms with Gasteiger partial charge in [0, 0.05) is 17.3 Å². The Morgan fingerprint density at radius 2 is 2.00 bits per heavy atom. The fraction of sp³-hybridized carbons (Fsp3) is 0.200. The first-order chi connectivity index (χ1) is 9.54. The number of pyridine rings is 1. The molecule has 2 aromatic rings. The molecule has 0 saturated heterocycles. The molecule has 0 radical (unpaired) electrons. The van der Waals surface area contributed by atoms with Gasteiger partial charge in [-0.3, -0.25) is 4.79 Å². The van der Waals surface area contributed by atoms with Gasteiger partial charge in [0.1, 0.15) is 0 Å². The third kappa shape index (κ3) is 4.03. The maximum Gasteiger partial charge on any atom is 0.253 e. The quantitative estimate of drug-likeness (QED) is 0.879. The topological polar surface area (TPSA) is 42.0 Å². The minimum absolute atomic E-state index is 0.0475. The summed E-state index contributed by atoms with van der Waals surface area (Å²) >= 11 is 5.82. The predicted octanol–water partition coefficient (Wildman–Crippen LogP) is 3.24. The van der Waals surface area contributed by atoms with Crippen LogP contribution in [-0.4, -0.2) is 16.9 Å². The molecule has 0 spiro atoms. The van der Waals surface area contributed by atoms with Crippen LogP contribution >= 0.6 is 11.6 Å². The van der Waals surface area contributed by atoms with Crippen molar-refractivity contribution in [3.8, 4) is 0 Å². The van der Waals surface area contributed by atoms with E-state index in [4.69, 9.17) is 11.6 Å². The fourth-order valence-corrected chi connectivity index (χ4v) is 1.97. The monoisotopic (exact) mass is 292 g/mol. The van der Waals surface area contributed by atoms with E-state index in [1.54, 1.807) is 0 Å². The van der Waals surface area contributed by atoms with Crippen LogP contribution in [0.15, 0.2) is 42.6 Å². The van der Waals surface area contributed by atoms with E-state index in [1.165, 1.54) is 18.3 Å². The molecule has 1 amide bonds. The van der Waals surface area contributed by atoms with Crippen LogP contribution in [0, 0.1) is 5.95 Å². The van der Waals surface area contributed by atoms with Gasteiger partial charge in [-0.25, -0.2) is 4.98 Å². The highest BCUT2D eigenvalue weighted by Gasteiger charge is 2.10. The van der Waals surface area contributed by atoms with E-state index in [2.05, 4.69) is 10.3 Å². The second-order valence-corrected chi connectivity index (χ2v) is 5.01. The van der Waals surface area contributed by atoms with Crippen LogP contribution in [0.2, 0.25) is 5.02 Å². The maximum absolute atomic E-state index is 12.7. The minimum Gasteiger partial charge on any atom is -0.349 e. The maximum atomic E-state index is 12.7. The normalized spacial score (nSPS) is 11.9. The minimum atomic E-state index is -0.601. The zero-order valence-electron chi connectivity index (χ0n) is 10.9. The lowest BCUT2D eigenvalue weighted by molar-refractivity contribution is 0.0939. The van der Waals surface area contributed by atoms with Gasteiger partial charge < -0.3 is 5.32 Å². The van der Waals surface area contributed by atoms with Crippen molar-refractivity contribution in [2.24, 2.45) is 0 Å². The summed E-state index contributed by atoms with van der Waals surface area (Å²) in [5, 5.41) is 3.53. The average Bonchev–Trinajstić information content (AvgIpc) is 2.42. The van der Waals surface area contributed by atoms with Crippen LogP contribution in [-0.2, 0) is 6.42 Å². The molecule has 0 fully saturated rings.